The molecule has 0 amide bonds. The van der Waals surface area contributed by atoms with Gasteiger partial charge in [0.05, 0.1) is 19.2 Å². The fourth-order valence-corrected chi connectivity index (χ4v) is 3.42. The van der Waals surface area contributed by atoms with Crippen molar-refractivity contribution >= 4 is 11.0 Å². The number of aromatic nitrogens is 2. The van der Waals surface area contributed by atoms with Crippen molar-refractivity contribution in [3.8, 4) is 11.4 Å². The Bertz CT molecular complexity index is 846. The van der Waals surface area contributed by atoms with Crippen molar-refractivity contribution in [1.29, 1.82) is 0 Å². The standard InChI is InChI=1S/C17H16FN2/c1-11-10-13(18)6-7-14(11)17-19(2)15-5-3-4-12-8-9-20(17)16(12)15/h3-7,10H,8-9H2,1-2H3/q+1. The fraction of sp³-hybridized carbons (Fsp3) is 0.235. The van der Waals surface area contributed by atoms with Crippen LogP contribution in [-0.2, 0) is 20.0 Å². The molecule has 2 aromatic carbocycles. The van der Waals surface area contributed by atoms with Gasteiger partial charge in [-0.1, -0.05) is 12.1 Å². The molecule has 3 heteroatoms. The van der Waals surface area contributed by atoms with Gasteiger partial charge in [-0.3, -0.25) is 0 Å². The SMILES string of the molecule is Cc1cc(F)ccc1-c1n(C)c2cccc3c2[n+]1CC3. The lowest BCUT2D eigenvalue weighted by atomic mass is 10.1. The highest BCUT2D eigenvalue weighted by Gasteiger charge is 2.30. The quantitative estimate of drug-likeness (QED) is 0.599. The molecule has 0 saturated heterocycles. The number of imidazole rings is 1. The van der Waals surface area contributed by atoms with E-state index in [9.17, 15) is 4.39 Å². The fourth-order valence-electron chi connectivity index (χ4n) is 3.42. The van der Waals surface area contributed by atoms with Crippen molar-refractivity contribution in [2.24, 2.45) is 7.05 Å². The Kier molecular flexibility index (Phi) is 2.28. The van der Waals surface area contributed by atoms with E-state index in [0.29, 0.717) is 0 Å². The zero-order chi connectivity index (χ0) is 13.9. The van der Waals surface area contributed by atoms with Gasteiger partial charge in [-0.15, -0.1) is 0 Å². The molecule has 100 valence electrons. The third-order valence-electron chi connectivity index (χ3n) is 4.34. The van der Waals surface area contributed by atoms with E-state index in [0.717, 1.165) is 24.1 Å². The molecule has 1 aromatic heterocycles. The molecule has 0 unspecified atom stereocenters. The van der Waals surface area contributed by atoms with Crippen LogP contribution in [0.1, 0.15) is 11.1 Å². The first-order valence-electron chi connectivity index (χ1n) is 6.93. The monoisotopic (exact) mass is 267 g/mol. The molecule has 4 rings (SSSR count). The van der Waals surface area contributed by atoms with Gasteiger partial charge in [0.15, 0.2) is 11.0 Å². The zero-order valence-corrected chi connectivity index (χ0v) is 11.7. The van der Waals surface area contributed by atoms with E-state index < -0.39 is 0 Å². The largest absolute Gasteiger partial charge is 0.289 e. The van der Waals surface area contributed by atoms with E-state index in [1.165, 1.54) is 22.4 Å². The van der Waals surface area contributed by atoms with Crippen molar-refractivity contribution in [3.05, 3.63) is 53.3 Å². The number of nitrogens with zero attached hydrogens (tertiary/aromatic N) is 2. The van der Waals surface area contributed by atoms with Gasteiger partial charge in [0.2, 0.25) is 0 Å². The first-order chi connectivity index (χ1) is 9.66. The first-order valence-corrected chi connectivity index (χ1v) is 6.93. The summed E-state index contributed by atoms with van der Waals surface area (Å²) in [6, 6.07) is 11.5. The number of benzene rings is 2. The average molecular weight is 267 g/mol. The second-order valence-corrected chi connectivity index (χ2v) is 5.53. The van der Waals surface area contributed by atoms with Crippen LogP contribution in [0.25, 0.3) is 22.4 Å². The Hall–Kier alpha value is -2.16. The number of hydrogen-bond donors (Lipinski definition) is 0. The van der Waals surface area contributed by atoms with E-state index in [2.05, 4.69) is 34.4 Å². The van der Waals surface area contributed by atoms with Gasteiger partial charge in [-0.05, 0) is 36.8 Å². The second-order valence-electron chi connectivity index (χ2n) is 5.53. The van der Waals surface area contributed by atoms with Crippen LogP contribution < -0.4 is 4.57 Å². The van der Waals surface area contributed by atoms with Crippen LogP contribution in [-0.4, -0.2) is 4.57 Å². The molecule has 2 nitrogen and oxygen atoms in total. The van der Waals surface area contributed by atoms with Crippen molar-refractivity contribution in [1.82, 2.24) is 4.57 Å². The van der Waals surface area contributed by atoms with E-state index in [-0.39, 0.29) is 5.82 Å². The zero-order valence-electron chi connectivity index (χ0n) is 11.7. The lowest BCUT2D eigenvalue weighted by molar-refractivity contribution is -0.653. The van der Waals surface area contributed by atoms with Crippen molar-refractivity contribution in [3.63, 3.8) is 0 Å². The van der Waals surface area contributed by atoms with E-state index >= 15 is 0 Å². The van der Waals surface area contributed by atoms with Crippen LogP contribution in [0.5, 0.6) is 0 Å². The molecule has 20 heavy (non-hydrogen) atoms. The van der Waals surface area contributed by atoms with E-state index in [4.69, 9.17) is 0 Å². The molecule has 0 fully saturated rings. The smallest absolute Gasteiger partial charge is 0.226 e. The molecule has 1 aliphatic rings. The Morgan fingerprint density at radius 1 is 1.20 bits per heavy atom. The summed E-state index contributed by atoms with van der Waals surface area (Å²) in [7, 11) is 2.09. The molecule has 0 spiro atoms. The molecule has 2 heterocycles. The first kappa shape index (κ1) is 11.6. The van der Waals surface area contributed by atoms with Crippen molar-refractivity contribution in [2.75, 3.05) is 0 Å². The average Bonchev–Trinajstić information content (AvgIpc) is 2.96. The summed E-state index contributed by atoms with van der Waals surface area (Å²) in [6.45, 7) is 2.97. The van der Waals surface area contributed by atoms with Gasteiger partial charge in [-0.2, -0.15) is 0 Å². The van der Waals surface area contributed by atoms with E-state index in [1.807, 2.05) is 13.0 Å². The molecule has 0 N–H and O–H groups in total. The summed E-state index contributed by atoms with van der Waals surface area (Å²) < 4.78 is 17.9. The number of hydrogen-bond acceptors (Lipinski definition) is 0. The number of halogens is 1. The number of rotatable bonds is 1. The molecule has 0 aliphatic carbocycles. The Labute approximate surface area is 117 Å². The van der Waals surface area contributed by atoms with Gasteiger partial charge < -0.3 is 0 Å². The highest BCUT2D eigenvalue weighted by molar-refractivity contribution is 5.80. The highest BCUT2D eigenvalue weighted by atomic mass is 19.1. The minimum Gasteiger partial charge on any atom is -0.226 e. The highest BCUT2D eigenvalue weighted by Crippen LogP contribution is 2.29. The predicted octanol–water partition coefficient (Wildman–Crippen LogP) is 3.14. The van der Waals surface area contributed by atoms with Crippen molar-refractivity contribution in [2.45, 2.75) is 19.9 Å². The summed E-state index contributed by atoms with van der Waals surface area (Å²) in [5.41, 5.74) is 6.07. The summed E-state index contributed by atoms with van der Waals surface area (Å²) in [4.78, 5) is 0. The molecular weight excluding hydrogens is 251 g/mol. The Balaban J connectivity index is 2.10. The van der Waals surface area contributed by atoms with Gasteiger partial charge in [0.1, 0.15) is 5.82 Å². The van der Waals surface area contributed by atoms with Gasteiger partial charge in [-0.25, -0.2) is 13.5 Å². The van der Waals surface area contributed by atoms with E-state index in [1.54, 1.807) is 12.1 Å². The third kappa shape index (κ3) is 1.40. The Morgan fingerprint density at radius 3 is 2.85 bits per heavy atom. The maximum absolute atomic E-state index is 13.3. The maximum Gasteiger partial charge on any atom is 0.289 e. The number of para-hydroxylation sites is 1. The summed E-state index contributed by atoms with van der Waals surface area (Å²) >= 11 is 0. The normalized spacial score (nSPS) is 13.3. The van der Waals surface area contributed by atoms with Crippen LogP contribution in [0.3, 0.4) is 0 Å². The third-order valence-corrected chi connectivity index (χ3v) is 4.34. The second kappa shape index (κ2) is 3.92. The van der Waals surface area contributed by atoms with Crippen molar-refractivity contribution < 1.29 is 8.96 Å². The molecule has 0 radical (unpaired) electrons. The maximum atomic E-state index is 13.3. The van der Waals surface area contributed by atoms with Crippen LogP contribution in [0.15, 0.2) is 36.4 Å². The molecule has 0 atom stereocenters. The van der Waals surface area contributed by atoms with Crippen LogP contribution in [0, 0.1) is 12.7 Å². The van der Waals surface area contributed by atoms with Gasteiger partial charge in [0.25, 0.3) is 5.82 Å². The summed E-state index contributed by atoms with van der Waals surface area (Å²) in [5, 5.41) is 0. The molecule has 1 aliphatic heterocycles. The molecular formula is C17H16FN2+. The molecule has 0 saturated carbocycles. The summed E-state index contributed by atoms with van der Waals surface area (Å²) in [6.07, 6.45) is 1.08. The Morgan fingerprint density at radius 2 is 2.05 bits per heavy atom. The lowest BCUT2D eigenvalue weighted by Crippen LogP contribution is -2.33. The lowest BCUT2D eigenvalue weighted by Gasteiger charge is -2.04. The van der Waals surface area contributed by atoms with Crippen LogP contribution >= 0.6 is 0 Å². The number of aryl methyl sites for hydroxylation is 4. The molecule has 3 aromatic rings. The van der Waals surface area contributed by atoms with Crippen LogP contribution in [0.2, 0.25) is 0 Å². The minimum absolute atomic E-state index is 0.174. The van der Waals surface area contributed by atoms with Crippen LogP contribution in [0.4, 0.5) is 4.39 Å². The minimum atomic E-state index is -0.174. The topological polar surface area (TPSA) is 8.81 Å². The van der Waals surface area contributed by atoms with Gasteiger partial charge >= 0.3 is 0 Å². The summed E-state index contributed by atoms with van der Waals surface area (Å²) in [5.74, 6) is 0.995. The van der Waals surface area contributed by atoms with Gasteiger partial charge in [0, 0.05) is 12.0 Å². The predicted molar refractivity (Wildman–Crippen MR) is 76.9 cm³/mol. The molecule has 0 bridgehead atoms.